The number of hydrogen-bond donors (Lipinski definition) is 1. The topological polar surface area (TPSA) is 15.3 Å². The minimum Gasteiger partial charge on any atom is -0.383 e. The van der Waals surface area contributed by atoms with Gasteiger partial charge in [0, 0.05) is 34.7 Å². The zero-order chi connectivity index (χ0) is 13.5. The van der Waals surface area contributed by atoms with Gasteiger partial charge in [0.1, 0.15) is 0 Å². The van der Waals surface area contributed by atoms with Crippen molar-refractivity contribution in [3.05, 3.63) is 51.1 Å². The van der Waals surface area contributed by atoms with E-state index in [2.05, 4.69) is 62.8 Å². The molecule has 2 rings (SSSR count). The second kappa shape index (κ2) is 7.68. The van der Waals surface area contributed by atoms with Gasteiger partial charge in [0.25, 0.3) is 0 Å². The van der Waals surface area contributed by atoms with Gasteiger partial charge in [0.05, 0.1) is 0 Å². The van der Waals surface area contributed by atoms with Gasteiger partial charge >= 0.3 is 0 Å². The molecule has 0 bridgehead atoms. The molecular formula is C15H19BrN2S. The highest BCUT2D eigenvalue weighted by atomic mass is 79.9. The summed E-state index contributed by atoms with van der Waals surface area (Å²) >= 11 is 5.38. The smallest absolute Gasteiger partial charge is 0.0485 e. The van der Waals surface area contributed by atoms with Crippen LogP contribution in [0.15, 0.2) is 46.3 Å². The average Bonchev–Trinajstić information content (AvgIpc) is 2.92. The Morgan fingerprint density at radius 2 is 2.00 bits per heavy atom. The number of anilines is 1. The minimum atomic E-state index is 0.962. The lowest BCUT2D eigenvalue weighted by Crippen LogP contribution is -2.27. The molecule has 0 saturated heterocycles. The molecule has 0 aliphatic heterocycles. The summed E-state index contributed by atoms with van der Waals surface area (Å²) in [6.07, 6.45) is 1.14. The minimum absolute atomic E-state index is 0.962. The van der Waals surface area contributed by atoms with Crippen LogP contribution in [-0.2, 0) is 6.42 Å². The van der Waals surface area contributed by atoms with Crippen LogP contribution in [0.1, 0.15) is 4.88 Å². The maximum atomic E-state index is 3.55. The van der Waals surface area contributed by atoms with E-state index in [1.807, 2.05) is 23.5 Å². The van der Waals surface area contributed by atoms with E-state index in [1.165, 1.54) is 4.88 Å². The Morgan fingerprint density at radius 3 is 2.74 bits per heavy atom. The summed E-state index contributed by atoms with van der Waals surface area (Å²) in [7, 11) is 2.18. The van der Waals surface area contributed by atoms with Crippen LogP contribution >= 0.6 is 27.3 Å². The van der Waals surface area contributed by atoms with Crippen molar-refractivity contribution in [2.45, 2.75) is 6.42 Å². The highest BCUT2D eigenvalue weighted by molar-refractivity contribution is 9.10. The molecule has 0 aliphatic rings. The monoisotopic (exact) mass is 338 g/mol. The average molecular weight is 339 g/mol. The Labute approximate surface area is 127 Å². The highest BCUT2D eigenvalue weighted by Crippen LogP contribution is 2.20. The van der Waals surface area contributed by atoms with Gasteiger partial charge in [-0.25, -0.2) is 0 Å². The molecule has 0 radical (unpaired) electrons. The van der Waals surface area contributed by atoms with Gasteiger partial charge in [-0.15, -0.1) is 11.3 Å². The van der Waals surface area contributed by atoms with Crippen molar-refractivity contribution in [3.63, 3.8) is 0 Å². The van der Waals surface area contributed by atoms with Crippen LogP contribution in [0.2, 0.25) is 0 Å². The SMILES string of the molecule is CN(CCNc1ccccc1Br)CCc1cccs1. The molecule has 102 valence electrons. The van der Waals surface area contributed by atoms with Gasteiger partial charge in [-0.1, -0.05) is 18.2 Å². The maximum absolute atomic E-state index is 3.55. The molecule has 1 aromatic carbocycles. The van der Waals surface area contributed by atoms with Crippen molar-refractivity contribution in [2.75, 3.05) is 32.0 Å². The predicted octanol–water partition coefficient (Wildman–Crippen LogP) is 4.10. The summed E-state index contributed by atoms with van der Waals surface area (Å²) in [4.78, 5) is 3.83. The molecule has 0 amide bonds. The standard InChI is InChI=1S/C15H19BrN2S/c1-18(10-8-13-5-4-12-19-13)11-9-17-15-7-3-2-6-14(15)16/h2-7,12,17H,8-11H2,1H3. The van der Waals surface area contributed by atoms with Gasteiger partial charge in [-0.05, 0) is 53.0 Å². The van der Waals surface area contributed by atoms with Crippen molar-refractivity contribution in [3.8, 4) is 0 Å². The van der Waals surface area contributed by atoms with Crippen molar-refractivity contribution in [1.29, 1.82) is 0 Å². The number of rotatable bonds is 7. The number of halogens is 1. The normalized spacial score (nSPS) is 10.9. The summed E-state index contributed by atoms with van der Waals surface area (Å²) < 4.78 is 1.12. The van der Waals surface area contributed by atoms with Gasteiger partial charge in [0.2, 0.25) is 0 Å². The van der Waals surface area contributed by atoms with Gasteiger partial charge in [0.15, 0.2) is 0 Å². The molecule has 0 spiro atoms. The van der Waals surface area contributed by atoms with E-state index in [9.17, 15) is 0 Å². The Balaban J connectivity index is 1.66. The Kier molecular flexibility index (Phi) is 5.89. The number of nitrogens with one attached hydrogen (secondary N) is 1. The number of hydrogen-bond acceptors (Lipinski definition) is 3. The van der Waals surface area contributed by atoms with Crippen molar-refractivity contribution < 1.29 is 0 Å². The van der Waals surface area contributed by atoms with E-state index in [0.29, 0.717) is 0 Å². The number of benzene rings is 1. The summed E-state index contributed by atoms with van der Waals surface area (Å²) in [6.45, 7) is 3.12. The second-order valence-electron chi connectivity index (χ2n) is 4.54. The van der Waals surface area contributed by atoms with Crippen LogP contribution in [0, 0.1) is 0 Å². The fraction of sp³-hybridized carbons (Fsp3) is 0.333. The summed E-state index contributed by atoms with van der Waals surface area (Å²) in [5.41, 5.74) is 1.16. The van der Waals surface area contributed by atoms with E-state index in [1.54, 1.807) is 0 Å². The first-order valence-electron chi connectivity index (χ1n) is 6.45. The first-order chi connectivity index (χ1) is 9.25. The first-order valence-corrected chi connectivity index (χ1v) is 8.12. The highest BCUT2D eigenvalue weighted by Gasteiger charge is 2.01. The molecule has 0 unspecified atom stereocenters. The molecule has 4 heteroatoms. The van der Waals surface area contributed by atoms with E-state index >= 15 is 0 Å². The van der Waals surface area contributed by atoms with E-state index < -0.39 is 0 Å². The third-order valence-corrected chi connectivity index (χ3v) is 4.63. The molecule has 0 atom stereocenters. The molecular weight excluding hydrogens is 320 g/mol. The van der Waals surface area contributed by atoms with E-state index in [-0.39, 0.29) is 0 Å². The quantitative estimate of drug-likeness (QED) is 0.817. The molecule has 19 heavy (non-hydrogen) atoms. The molecule has 1 N–H and O–H groups in total. The van der Waals surface area contributed by atoms with Crippen molar-refractivity contribution >= 4 is 33.0 Å². The number of thiophene rings is 1. The molecule has 1 aromatic heterocycles. The van der Waals surface area contributed by atoms with Crippen LogP contribution in [0.25, 0.3) is 0 Å². The van der Waals surface area contributed by atoms with Crippen LogP contribution in [-0.4, -0.2) is 31.6 Å². The van der Waals surface area contributed by atoms with Gasteiger partial charge in [-0.2, -0.15) is 0 Å². The van der Waals surface area contributed by atoms with E-state index in [0.717, 1.165) is 36.2 Å². The van der Waals surface area contributed by atoms with Crippen molar-refractivity contribution in [1.82, 2.24) is 4.90 Å². The zero-order valence-corrected chi connectivity index (χ0v) is 13.5. The Bertz CT molecular complexity index is 485. The zero-order valence-electron chi connectivity index (χ0n) is 11.1. The lowest BCUT2D eigenvalue weighted by molar-refractivity contribution is 0.352. The maximum Gasteiger partial charge on any atom is 0.0485 e. The number of likely N-dealkylation sites (N-methyl/N-ethyl adjacent to an activating group) is 1. The van der Waals surface area contributed by atoms with Gasteiger partial charge in [-0.3, -0.25) is 0 Å². The molecule has 0 saturated carbocycles. The first kappa shape index (κ1) is 14.6. The largest absolute Gasteiger partial charge is 0.383 e. The van der Waals surface area contributed by atoms with Crippen molar-refractivity contribution in [2.24, 2.45) is 0 Å². The Morgan fingerprint density at radius 1 is 1.16 bits per heavy atom. The molecule has 0 fully saturated rings. The fourth-order valence-electron chi connectivity index (χ4n) is 1.85. The third kappa shape index (κ3) is 4.97. The lowest BCUT2D eigenvalue weighted by Gasteiger charge is -2.17. The summed E-state index contributed by atoms with van der Waals surface area (Å²) in [6, 6.07) is 12.6. The molecule has 0 aliphatic carbocycles. The summed E-state index contributed by atoms with van der Waals surface area (Å²) in [5.74, 6) is 0. The number of para-hydroxylation sites is 1. The molecule has 1 heterocycles. The Hall–Kier alpha value is -0.840. The lowest BCUT2D eigenvalue weighted by atomic mass is 10.3. The van der Waals surface area contributed by atoms with Gasteiger partial charge < -0.3 is 10.2 Å². The third-order valence-electron chi connectivity index (χ3n) is 3.00. The fourth-order valence-corrected chi connectivity index (χ4v) is 2.98. The van der Waals surface area contributed by atoms with Crippen LogP contribution in [0.3, 0.4) is 0 Å². The second-order valence-corrected chi connectivity index (χ2v) is 6.43. The van der Waals surface area contributed by atoms with Crippen LogP contribution in [0.5, 0.6) is 0 Å². The molecule has 2 nitrogen and oxygen atoms in total. The van der Waals surface area contributed by atoms with Crippen LogP contribution < -0.4 is 5.32 Å². The number of nitrogens with zero attached hydrogens (tertiary/aromatic N) is 1. The summed E-state index contributed by atoms with van der Waals surface area (Å²) in [5, 5.41) is 5.59. The van der Waals surface area contributed by atoms with E-state index in [4.69, 9.17) is 0 Å². The van der Waals surface area contributed by atoms with Crippen LogP contribution in [0.4, 0.5) is 5.69 Å². The molecule has 2 aromatic rings. The predicted molar refractivity (Wildman–Crippen MR) is 88.2 cm³/mol.